The minimum atomic E-state index is -0.516. The zero-order chi connectivity index (χ0) is 19.2. The molecule has 1 N–H and O–H groups in total. The molecule has 3 rings (SSSR count). The van der Waals surface area contributed by atoms with Crippen LogP contribution in [0.25, 0.3) is 0 Å². The highest BCUT2D eigenvalue weighted by Gasteiger charge is 2.23. The van der Waals surface area contributed by atoms with Crippen LogP contribution >= 0.6 is 11.8 Å². The molecule has 0 bridgehead atoms. The lowest BCUT2D eigenvalue weighted by atomic mass is 10.2. The normalized spacial score (nSPS) is 14.0. The van der Waals surface area contributed by atoms with E-state index in [9.17, 15) is 9.59 Å². The van der Waals surface area contributed by atoms with Crippen LogP contribution in [0.2, 0.25) is 0 Å². The smallest absolute Gasteiger partial charge is 0.411 e. The van der Waals surface area contributed by atoms with Crippen molar-refractivity contribution in [1.82, 2.24) is 0 Å². The second-order valence-electron chi connectivity index (χ2n) is 5.76. The van der Waals surface area contributed by atoms with Gasteiger partial charge in [-0.25, -0.2) is 9.59 Å². The standard InChI is InChI=1S/C20H20N2O4S/c1-3-25-19(23)12-18-22(2)16-10-9-15(11-17(16)27-18)21-20(24)26-13-14-7-5-4-6-8-14/h4-12H,3,13H2,1-2H3,(H,21,24). The van der Waals surface area contributed by atoms with E-state index in [0.717, 1.165) is 21.2 Å². The van der Waals surface area contributed by atoms with Gasteiger partial charge in [-0.1, -0.05) is 42.1 Å². The van der Waals surface area contributed by atoms with Crippen LogP contribution in [-0.2, 0) is 20.9 Å². The first-order valence-corrected chi connectivity index (χ1v) is 9.30. The van der Waals surface area contributed by atoms with Gasteiger partial charge in [0.2, 0.25) is 0 Å². The summed E-state index contributed by atoms with van der Waals surface area (Å²) in [5.74, 6) is -0.373. The largest absolute Gasteiger partial charge is 0.463 e. The van der Waals surface area contributed by atoms with E-state index in [4.69, 9.17) is 9.47 Å². The number of rotatable bonds is 5. The summed E-state index contributed by atoms with van der Waals surface area (Å²) < 4.78 is 10.2. The molecule has 2 aromatic rings. The van der Waals surface area contributed by atoms with Gasteiger partial charge < -0.3 is 14.4 Å². The first-order valence-electron chi connectivity index (χ1n) is 8.48. The fourth-order valence-electron chi connectivity index (χ4n) is 2.54. The number of ether oxygens (including phenoxy) is 2. The molecule has 0 radical (unpaired) electrons. The van der Waals surface area contributed by atoms with E-state index in [0.29, 0.717) is 12.3 Å². The zero-order valence-electron chi connectivity index (χ0n) is 15.1. The Labute approximate surface area is 162 Å². The molecule has 0 fully saturated rings. The van der Waals surface area contributed by atoms with Crippen LogP contribution in [0.15, 0.2) is 64.5 Å². The first-order chi connectivity index (χ1) is 13.1. The van der Waals surface area contributed by atoms with Crippen molar-refractivity contribution in [3.05, 3.63) is 65.2 Å². The van der Waals surface area contributed by atoms with E-state index in [2.05, 4.69) is 5.32 Å². The van der Waals surface area contributed by atoms with Crippen molar-refractivity contribution in [3.8, 4) is 0 Å². The molecule has 0 saturated heterocycles. The van der Waals surface area contributed by atoms with Crippen LogP contribution in [0, 0.1) is 0 Å². The summed E-state index contributed by atoms with van der Waals surface area (Å²) in [7, 11) is 1.88. The second-order valence-corrected chi connectivity index (χ2v) is 6.83. The molecule has 0 aromatic heterocycles. The number of amides is 1. The number of nitrogens with one attached hydrogen (secondary N) is 1. The predicted molar refractivity (Wildman–Crippen MR) is 106 cm³/mol. The van der Waals surface area contributed by atoms with Gasteiger partial charge in [0.25, 0.3) is 0 Å². The second kappa shape index (κ2) is 8.64. The van der Waals surface area contributed by atoms with Crippen LogP contribution in [0.1, 0.15) is 12.5 Å². The molecular weight excluding hydrogens is 364 g/mol. The van der Waals surface area contributed by atoms with Crippen molar-refractivity contribution in [2.24, 2.45) is 0 Å². The van der Waals surface area contributed by atoms with E-state index in [-0.39, 0.29) is 12.6 Å². The molecule has 0 saturated carbocycles. The summed E-state index contributed by atoms with van der Waals surface area (Å²) in [5.41, 5.74) is 2.51. The molecule has 0 unspecified atom stereocenters. The molecule has 2 aromatic carbocycles. The Morgan fingerprint density at radius 2 is 1.93 bits per heavy atom. The molecule has 7 heteroatoms. The molecule has 0 atom stereocenters. The molecule has 1 heterocycles. The fourth-order valence-corrected chi connectivity index (χ4v) is 3.65. The summed E-state index contributed by atoms with van der Waals surface area (Å²) in [5, 5.41) is 3.50. The van der Waals surface area contributed by atoms with Crippen LogP contribution in [0.3, 0.4) is 0 Å². The number of fused-ring (bicyclic) bond motifs is 1. The highest BCUT2D eigenvalue weighted by atomic mass is 32.2. The van der Waals surface area contributed by atoms with Gasteiger partial charge in [-0.3, -0.25) is 5.32 Å². The van der Waals surface area contributed by atoms with E-state index >= 15 is 0 Å². The number of esters is 1. The monoisotopic (exact) mass is 384 g/mol. The van der Waals surface area contributed by atoms with Crippen molar-refractivity contribution >= 4 is 35.2 Å². The molecule has 6 nitrogen and oxygen atoms in total. The minimum absolute atomic E-state index is 0.210. The Balaban J connectivity index is 1.62. The van der Waals surface area contributed by atoms with Gasteiger partial charge in [-0.05, 0) is 30.7 Å². The molecule has 1 aliphatic rings. The summed E-state index contributed by atoms with van der Waals surface area (Å²) in [4.78, 5) is 26.5. The van der Waals surface area contributed by atoms with Gasteiger partial charge in [0.15, 0.2) is 0 Å². The number of thioether (sulfide) groups is 1. The molecule has 1 amide bonds. The van der Waals surface area contributed by atoms with Crippen molar-refractivity contribution < 1.29 is 19.1 Å². The first kappa shape index (κ1) is 18.8. The molecule has 140 valence electrons. The predicted octanol–water partition coefficient (Wildman–Crippen LogP) is 4.38. The Hall–Kier alpha value is -2.93. The third-order valence-corrected chi connectivity index (χ3v) is 5.00. The Morgan fingerprint density at radius 1 is 1.15 bits per heavy atom. The number of anilines is 2. The lowest BCUT2D eigenvalue weighted by Gasteiger charge is -2.13. The number of benzene rings is 2. The highest BCUT2D eigenvalue weighted by Crippen LogP contribution is 2.46. The molecule has 1 aliphatic heterocycles. The van der Waals surface area contributed by atoms with Crippen LogP contribution < -0.4 is 10.2 Å². The third-order valence-electron chi connectivity index (χ3n) is 3.85. The van der Waals surface area contributed by atoms with Gasteiger partial charge in [0, 0.05) is 17.6 Å². The maximum Gasteiger partial charge on any atom is 0.411 e. The number of hydrogen-bond acceptors (Lipinski definition) is 6. The summed E-state index contributed by atoms with van der Waals surface area (Å²) in [6.45, 7) is 2.32. The summed E-state index contributed by atoms with van der Waals surface area (Å²) in [6.07, 6.45) is 0.951. The average Bonchev–Trinajstić information content (AvgIpc) is 2.96. The summed E-state index contributed by atoms with van der Waals surface area (Å²) >= 11 is 1.44. The van der Waals surface area contributed by atoms with Crippen LogP contribution in [-0.4, -0.2) is 25.7 Å². The molecule has 0 aliphatic carbocycles. The van der Waals surface area contributed by atoms with Gasteiger partial charge >= 0.3 is 12.1 Å². The quantitative estimate of drug-likeness (QED) is 0.609. The lowest BCUT2D eigenvalue weighted by molar-refractivity contribution is -0.137. The Kier molecular flexibility index (Phi) is 6.03. The Morgan fingerprint density at radius 3 is 2.67 bits per heavy atom. The lowest BCUT2D eigenvalue weighted by Crippen LogP contribution is -2.14. The maximum atomic E-state index is 12.0. The number of nitrogens with zero attached hydrogens (tertiary/aromatic N) is 1. The van der Waals surface area contributed by atoms with E-state index in [1.807, 2.05) is 54.4 Å². The highest BCUT2D eigenvalue weighted by molar-refractivity contribution is 8.03. The SMILES string of the molecule is CCOC(=O)C=C1Sc2cc(NC(=O)OCc3ccccc3)ccc2N1C. The summed E-state index contributed by atoms with van der Waals surface area (Å²) in [6, 6.07) is 15.0. The van der Waals surface area contributed by atoms with Gasteiger partial charge in [0.05, 0.1) is 23.4 Å². The number of carbonyl (C=O) groups is 2. The Bertz CT molecular complexity index is 868. The van der Waals surface area contributed by atoms with E-state index < -0.39 is 6.09 Å². The molecular formula is C20H20N2O4S. The van der Waals surface area contributed by atoms with Crippen LogP contribution in [0.5, 0.6) is 0 Å². The topological polar surface area (TPSA) is 67.9 Å². The fraction of sp³-hybridized carbons (Fsp3) is 0.200. The minimum Gasteiger partial charge on any atom is -0.463 e. The van der Waals surface area contributed by atoms with Crippen molar-refractivity contribution in [2.45, 2.75) is 18.4 Å². The zero-order valence-corrected chi connectivity index (χ0v) is 15.9. The van der Waals surface area contributed by atoms with Crippen molar-refractivity contribution in [1.29, 1.82) is 0 Å². The van der Waals surface area contributed by atoms with Gasteiger partial charge in [0.1, 0.15) is 6.61 Å². The van der Waals surface area contributed by atoms with Gasteiger partial charge in [-0.2, -0.15) is 0 Å². The van der Waals surface area contributed by atoms with Crippen molar-refractivity contribution in [2.75, 3.05) is 23.9 Å². The van der Waals surface area contributed by atoms with E-state index in [1.165, 1.54) is 17.8 Å². The van der Waals surface area contributed by atoms with E-state index in [1.54, 1.807) is 13.0 Å². The average molecular weight is 384 g/mol. The number of hydrogen-bond donors (Lipinski definition) is 1. The van der Waals surface area contributed by atoms with Gasteiger partial charge in [-0.15, -0.1) is 0 Å². The number of carbonyl (C=O) groups excluding carboxylic acids is 2. The van der Waals surface area contributed by atoms with Crippen molar-refractivity contribution in [3.63, 3.8) is 0 Å². The third kappa shape index (κ3) is 4.83. The van der Waals surface area contributed by atoms with Crippen LogP contribution in [0.4, 0.5) is 16.2 Å². The molecule has 27 heavy (non-hydrogen) atoms. The maximum absolute atomic E-state index is 12.0. The molecule has 0 spiro atoms.